The molecule has 0 spiro atoms. The number of hydrogen-bond acceptors (Lipinski definition) is 3. The van der Waals surface area contributed by atoms with E-state index in [1.54, 1.807) is 4.57 Å². The van der Waals surface area contributed by atoms with Crippen LogP contribution >= 0.6 is 15.9 Å². The predicted octanol–water partition coefficient (Wildman–Crippen LogP) is 4.75. The molecule has 138 valence electrons. The fraction of sp³-hybridized carbons (Fsp3) is 0.650. The Hall–Kier alpha value is -1.07. The molecule has 2 heterocycles. The second kappa shape index (κ2) is 6.58. The summed E-state index contributed by atoms with van der Waals surface area (Å²) in [6, 6.07) is 6.30. The van der Waals surface area contributed by atoms with Gasteiger partial charge in [0.15, 0.2) is 5.58 Å². The molecule has 1 aliphatic heterocycles. The summed E-state index contributed by atoms with van der Waals surface area (Å²) < 4.78 is 7.18. The number of likely N-dealkylation sites (tertiary alicyclic amines) is 1. The second-order valence-corrected chi connectivity index (χ2v) is 9.55. The summed E-state index contributed by atoms with van der Waals surface area (Å²) in [5.41, 5.74) is 3.21. The van der Waals surface area contributed by atoms with E-state index in [-0.39, 0.29) is 16.8 Å². The largest absolute Gasteiger partial charge is 0.419 e. The van der Waals surface area contributed by atoms with Gasteiger partial charge in [-0.3, -0.25) is 9.47 Å². The lowest BCUT2D eigenvalue weighted by Gasteiger charge is -2.52. The fourth-order valence-electron chi connectivity index (χ4n) is 4.56. The molecule has 0 radical (unpaired) electrons. The number of oxazole rings is 1. The first-order valence-corrected chi connectivity index (χ1v) is 10.2. The summed E-state index contributed by atoms with van der Waals surface area (Å²) in [4.78, 5) is 14.7. The highest BCUT2D eigenvalue weighted by Crippen LogP contribution is 2.41. The van der Waals surface area contributed by atoms with Crippen LogP contribution in [-0.2, 0) is 6.54 Å². The summed E-state index contributed by atoms with van der Waals surface area (Å²) in [6.45, 7) is 13.3. The Morgan fingerprint density at radius 2 is 2.04 bits per heavy atom. The highest BCUT2D eigenvalue weighted by atomic mass is 79.9. The van der Waals surface area contributed by atoms with Crippen molar-refractivity contribution in [1.82, 2.24) is 9.47 Å². The zero-order valence-electron chi connectivity index (χ0n) is 15.9. The zero-order valence-corrected chi connectivity index (χ0v) is 17.5. The molecule has 0 saturated carbocycles. The van der Waals surface area contributed by atoms with Crippen molar-refractivity contribution in [1.29, 1.82) is 0 Å². The molecule has 1 aromatic heterocycles. The smallest absolute Gasteiger partial charge is 0.408 e. The summed E-state index contributed by atoms with van der Waals surface area (Å²) in [7, 11) is 0. The van der Waals surface area contributed by atoms with E-state index >= 15 is 0 Å². The molecule has 3 rings (SSSR count). The molecule has 5 heteroatoms. The molecule has 0 bridgehead atoms. The van der Waals surface area contributed by atoms with Crippen LogP contribution in [0.4, 0.5) is 0 Å². The van der Waals surface area contributed by atoms with Crippen molar-refractivity contribution < 1.29 is 4.42 Å². The Labute approximate surface area is 158 Å². The Kier molecular flexibility index (Phi) is 4.93. The van der Waals surface area contributed by atoms with E-state index in [4.69, 9.17) is 4.42 Å². The Morgan fingerprint density at radius 3 is 2.64 bits per heavy atom. The molecule has 0 aliphatic carbocycles. The van der Waals surface area contributed by atoms with Crippen molar-refractivity contribution in [2.45, 2.75) is 71.0 Å². The molecule has 0 N–H and O–H groups in total. The first-order valence-electron chi connectivity index (χ1n) is 9.10. The molecule has 0 amide bonds. The number of halogens is 1. The minimum atomic E-state index is -0.269. The third-order valence-electron chi connectivity index (χ3n) is 5.46. The van der Waals surface area contributed by atoms with Crippen molar-refractivity contribution in [3.8, 4) is 0 Å². The average Bonchev–Trinajstić information content (AvgIpc) is 2.80. The first-order chi connectivity index (χ1) is 11.6. The molecule has 1 fully saturated rings. The second-order valence-electron chi connectivity index (χ2n) is 8.76. The van der Waals surface area contributed by atoms with Gasteiger partial charge in [0.2, 0.25) is 0 Å². The number of rotatable bonds is 3. The van der Waals surface area contributed by atoms with Crippen LogP contribution in [0.1, 0.15) is 58.9 Å². The van der Waals surface area contributed by atoms with Crippen LogP contribution in [0, 0.1) is 0 Å². The summed E-state index contributed by atoms with van der Waals surface area (Å²) in [5.74, 6) is 0.234. The van der Waals surface area contributed by atoms with Gasteiger partial charge in [0, 0.05) is 23.0 Å². The Morgan fingerprint density at radius 1 is 1.32 bits per heavy atom. The molecular weight excluding hydrogens is 380 g/mol. The van der Waals surface area contributed by atoms with E-state index in [1.807, 2.05) is 6.07 Å². The van der Waals surface area contributed by atoms with Crippen LogP contribution in [0.15, 0.2) is 27.4 Å². The van der Waals surface area contributed by atoms with Crippen molar-refractivity contribution in [3.63, 3.8) is 0 Å². The van der Waals surface area contributed by atoms with Crippen molar-refractivity contribution in [2.75, 3.05) is 11.9 Å². The van der Waals surface area contributed by atoms with E-state index in [0.717, 1.165) is 30.2 Å². The number of piperidine rings is 1. The van der Waals surface area contributed by atoms with Crippen LogP contribution in [0.3, 0.4) is 0 Å². The van der Waals surface area contributed by atoms with Gasteiger partial charge in [-0.2, -0.15) is 0 Å². The maximum absolute atomic E-state index is 12.0. The lowest BCUT2D eigenvalue weighted by Crippen LogP contribution is -2.57. The van der Waals surface area contributed by atoms with Gasteiger partial charge in [0.25, 0.3) is 0 Å². The molecule has 2 aromatic rings. The standard InChI is InChI=1S/C20H29BrN2O2/c1-19(2,3)23-10-8-15(13-20(23,4)5)14-6-7-16-17(12-14)25-18(24)22(16)11-9-21/h6-7,12,15H,8-11,13H2,1-5H3. The van der Waals surface area contributed by atoms with E-state index < -0.39 is 0 Å². The van der Waals surface area contributed by atoms with Gasteiger partial charge in [-0.05, 0) is 77.6 Å². The van der Waals surface area contributed by atoms with Gasteiger partial charge < -0.3 is 4.42 Å². The minimum Gasteiger partial charge on any atom is -0.408 e. The van der Waals surface area contributed by atoms with Crippen molar-refractivity contribution in [2.24, 2.45) is 0 Å². The lowest BCUT2D eigenvalue weighted by molar-refractivity contribution is -0.0101. The van der Waals surface area contributed by atoms with Crippen molar-refractivity contribution >= 4 is 27.0 Å². The van der Waals surface area contributed by atoms with E-state index in [0.29, 0.717) is 18.0 Å². The molecule has 1 atom stereocenters. The normalized spacial score (nSPS) is 21.8. The molecule has 4 nitrogen and oxygen atoms in total. The van der Waals surface area contributed by atoms with E-state index in [1.165, 1.54) is 5.56 Å². The third-order valence-corrected chi connectivity index (χ3v) is 5.81. The molecular formula is C20H29BrN2O2. The number of aromatic nitrogens is 1. The molecule has 1 aliphatic rings. The number of hydrogen-bond donors (Lipinski definition) is 0. The van der Waals surface area contributed by atoms with Gasteiger partial charge in [-0.25, -0.2) is 4.79 Å². The monoisotopic (exact) mass is 408 g/mol. The average molecular weight is 409 g/mol. The maximum atomic E-state index is 12.0. The van der Waals surface area contributed by atoms with Gasteiger partial charge in [-0.15, -0.1) is 0 Å². The van der Waals surface area contributed by atoms with E-state index in [9.17, 15) is 4.79 Å². The minimum absolute atomic E-state index is 0.152. The van der Waals surface area contributed by atoms with E-state index in [2.05, 4.69) is 67.6 Å². The van der Waals surface area contributed by atoms with Gasteiger partial charge in [0.1, 0.15) is 0 Å². The third kappa shape index (κ3) is 3.59. The number of nitrogens with zero attached hydrogens (tertiary/aromatic N) is 2. The summed E-state index contributed by atoms with van der Waals surface area (Å²) in [6.07, 6.45) is 2.25. The van der Waals surface area contributed by atoms with Crippen molar-refractivity contribution in [3.05, 3.63) is 34.3 Å². The predicted molar refractivity (Wildman–Crippen MR) is 107 cm³/mol. The van der Waals surface area contributed by atoms with Gasteiger partial charge in [-0.1, -0.05) is 22.0 Å². The number of fused-ring (bicyclic) bond motifs is 1. The highest BCUT2D eigenvalue weighted by molar-refractivity contribution is 9.09. The maximum Gasteiger partial charge on any atom is 0.419 e. The van der Waals surface area contributed by atoms with Crippen LogP contribution in [-0.4, -0.2) is 32.4 Å². The molecule has 1 saturated heterocycles. The fourth-order valence-corrected chi connectivity index (χ4v) is 4.92. The number of alkyl halides is 1. The van der Waals surface area contributed by atoms with Gasteiger partial charge >= 0.3 is 5.76 Å². The lowest BCUT2D eigenvalue weighted by atomic mass is 9.77. The molecule has 1 unspecified atom stereocenters. The number of benzene rings is 1. The van der Waals surface area contributed by atoms with Crippen LogP contribution < -0.4 is 5.76 Å². The van der Waals surface area contributed by atoms with Crippen LogP contribution in [0.5, 0.6) is 0 Å². The summed E-state index contributed by atoms with van der Waals surface area (Å²) in [5, 5.41) is 0.739. The molecule has 25 heavy (non-hydrogen) atoms. The SMILES string of the molecule is CC(C)(C)N1CCC(c2ccc3c(c2)oc(=O)n3CCBr)CC1(C)C. The zero-order chi connectivity index (χ0) is 18.4. The summed E-state index contributed by atoms with van der Waals surface area (Å²) >= 11 is 3.40. The highest BCUT2D eigenvalue weighted by Gasteiger charge is 2.40. The Balaban J connectivity index is 1.89. The topological polar surface area (TPSA) is 38.4 Å². The molecule has 1 aromatic carbocycles. The Bertz CT molecular complexity index is 813. The first kappa shape index (κ1) is 18.7. The quantitative estimate of drug-likeness (QED) is 0.687. The number of aryl methyl sites for hydroxylation is 1. The van der Waals surface area contributed by atoms with Gasteiger partial charge in [0.05, 0.1) is 5.52 Å². The van der Waals surface area contributed by atoms with Crippen LogP contribution in [0.2, 0.25) is 0 Å². The van der Waals surface area contributed by atoms with Crippen LogP contribution in [0.25, 0.3) is 11.1 Å².